The van der Waals surface area contributed by atoms with Crippen molar-refractivity contribution in [3.05, 3.63) is 30.2 Å². The van der Waals surface area contributed by atoms with Crippen LogP contribution >= 0.6 is 0 Å². The molecule has 0 saturated heterocycles. The molecule has 88 valence electrons. The van der Waals surface area contributed by atoms with Crippen LogP contribution in [0.25, 0.3) is 11.5 Å². The molecule has 0 aromatic carbocycles. The fourth-order valence-electron chi connectivity index (χ4n) is 1.50. The van der Waals surface area contributed by atoms with E-state index in [1.165, 1.54) is 0 Å². The summed E-state index contributed by atoms with van der Waals surface area (Å²) in [6.07, 6.45) is 1.64. The number of nitrogens with zero attached hydrogens (tertiary/aromatic N) is 4. The molecule has 2 rings (SSSR count). The molecule has 0 fully saturated rings. The Morgan fingerprint density at radius 1 is 1.41 bits per heavy atom. The first-order chi connectivity index (χ1) is 8.09. The van der Waals surface area contributed by atoms with Gasteiger partial charge in [0.15, 0.2) is 5.82 Å². The van der Waals surface area contributed by atoms with Gasteiger partial charge in [-0.05, 0) is 26.0 Å². The van der Waals surface area contributed by atoms with E-state index in [1.807, 2.05) is 18.4 Å². The smallest absolute Gasteiger partial charge is 0.267 e. The lowest BCUT2D eigenvalue weighted by Gasteiger charge is -2.09. The van der Waals surface area contributed by atoms with Crippen molar-refractivity contribution in [1.29, 1.82) is 0 Å². The summed E-state index contributed by atoms with van der Waals surface area (Å²) in [5.41, 5.74) is 6.00. The fraction of sp³-hybridized carbons (Fsp3) is 0.273. The predicted octanol–water partition coefficient (Wildman–Crippen LogP) is 1.02. The van der Waals surface area contributed by atoms with Gasteiger partial charge in [0.2, 0.25) is 0 Å². The van der Waals surface area contributed by atoms with Gasteiger partial charge in [0.05, 0.1) is 0 Å². The first kappa shape index (κ1) is 11.3. The molecule has 2 heterocycles. The van der Waals surface area contributed by atoms with Crippen molar-refractivity contribution in [2.24, 2.45) is 5.73 Å². The molecule has 2 N–H and O–H groups in total. The SMILES string of the molecule is CC(C)n1cnnc1-c1cccc(C(N)=O)n1. The molecular formula is C11H13N5O. The molecule has 17 heavy (non-hydrogen) atoms. The molecule has 1 amide bonds. The Balaban J connectivity index is 2.49. The Morgan fingerprint density at radius 2 is 2.18 bits per heavy atom. The van der Waals surface area contributed by atoms with Crippen LogP contribution in [0.1, 0.15) is 30.4 Å². The number of aromatic nitrogens is 4. The zero-order chi connectivity index (χ0) is 12.4. The normalized spacial score (nSPS) is 10.8. The quantitative estimate of drug-likeness (QED) is 0.854. The first-order valence-electron chi connectivity index (χ1n) is 5.26. The van der Waals surface area contributed by atoms with E-state index >= 15 is 0 Å². The molecule has 0 saturated carbocycles. The summed E-state index contributed by atoms with van der Waals surface area (Å²) in [6, 6.07) is 5.29. The number of hydrogen-bond donors (Lipinski definition) is 1. The van der Waals surface area contributed by atoms with Crippen molar-refractivity contribution in [3.8, 4) is 11.5 Å². The van der Waals surface area contributed by atoms with Gasteiger partial charge in [0.25, 0.3) is 5.91 Å². The van der Waals surface area contributed by atoms with Crippen LogP contribution in [0.15, 0.2) is 24.5 Å². The number of hydrogen-bond acceptors (Lipinski definition) is 4. The summed E-state index contributed by atoms with van der Waals surface area (Å²) in [5, 5.41) is 7.86. The lowest BCUT2D eigenvalue weighted by molar-refractivity contribution is 0.0995. The Bertz CT molecular complexity index is 546. The second-order valence-electron chi connectivity index (χ2n) is 3.93. The van der Waals surface area contributed by atoms with Gasteiger partial charge < -0.3 is 10.3 Å². The maximum atomic E-state index is 11.1. The van der Waals surface area contributed by atoms with Crippen LogP contribution in [0.2, 0.25) is 0 Å². The Labute approximate surface area is 98.5 Å². The Kier molecular flexibility index (Phi) is 2.86. The summed E-state index contributed by atoms with van der Waals surface area (Å²) in [5.74, 6) is 0.0746. The molecule has 6 nitrogen and oxygen atoms in total. The first-order valence-corrected chi connectivity index (χ1v) is 5.26. The van der Waals surface area contributed by atoms with E-state index in [4.69, 9.17) is 5.73 Å². The summed E-state index contributed by atoms with van der Waals surface area (Å²) in [4.78, 5) is 15.2. The van der Waals surface area contributed by atoms with Gasteiger partial charge in [0.1, 0.15) is 17.7 Å². The van der Waals surface area contributed by atoms with E-state index in [1.54, 1.807) is 24.5 Å². The monoisotopic (exact) mass is 231 g/mol. The van der Waals surface area contributed by atoms with Crippen molar-refractivity contribution in [3.63, 3.8) is 0 Å². The van der Waals surface area contributed by atoms with Crippen molar-refractivity contribution in [2.75, 3.05) is 0 Å². The van der Waals surface area contributed by atoms with Gasteiger partial charge >= 0.3 is 0 Å². The molecule has 0 atom stereocenters. The molecule has 0 aliphatic carbocycles. The third kappa shape index (κ3) is 2.15. The zero-order valence-electron chi connectivity index (χ0n) is 9.66. The van der Waals surface area contributed by atoms with Gasteiger partial charge in [0, 0.05) is 6.04 Å². The second kappa shape index (κ2) is 4.32. The molecule has 2 aromatic rings. The lowest BCUT2D eigenvalue weighted by atomic mass is 10.2. The molecule has 0 bridgehead atoms. The van der Waals surface area contributed by atoms with Gasteiger partial charge in [-0.25, -0.2) is 4.98 Å². The third-order valence-corrected chi connectivity index (χ3v) is 2.36. The van der Waals surface area contributed by atoms with Gasteiger partial charge in [-0.1, -0.05) is 6.07 Å². The Morgan fingerprint density at radius 3 is 2.82 bits per heavy atom. The minimum absolute atomic E-state index is 0.221. The molecule has 6 heteroatoms. The zero-order valence-corrected chi connectivity index (χ0v) is 9.66. The van der Waals surface area contributed by atoms with Gasteiger partial charge in [-0.2, -0.15) is 0 Å². The topological polar surface area (TPSA) is 86.7 Å². The molecule has 0 aliphatic rings. The van der Waals surface area contributed by atoms with Crippen LogP contribution in [0.4, 0.5) is 0 Å². The van der Waals surface area contributed by atoms with Crippen LogP contribution < -0.4 is 5.73 Å². The number of primary amides is 1. The summed E-state index contributed by atoms with van der Waals surface area (Å²) in [7, 11) is 0. The van der Waals surface area contributed by atoms with Crippen LogP contribution in [-0.2, 0) is 0 Å². The second-order valence-corrected chi connectivity index (χ2v) is 3.93. The van der Waals surface area contributed by atoms with E-state index in [9.17, 15) is 4.79 Å². The highest BCUT2D eigenvalue weighted by Crippen LogP contribution is 2.17. The standard InChI is InChI=1S/C11H13N5O/c1-7(2)16-6-13-15-11(16)9-5-3-4-8(14-9)10(12)17/h3-7H,1-2H3,(H2,12,17). The predicted molar refractivity (Wildman–Crippen MR) is 62.2 cm³/mol. The summed E-state index contributed by atoms with van der Waals surface area (Å²) in [6.45, 7) is 4.04. The van der Waals surface area contributed by atoms with Gasteiger partial charge in [-0.3, -0.25) is 4.79 Å². The number of pyridine rings is 1. The molecule has 0 aliphatic heterocycles. The minimum atomic E-state index is -0.553. The summed E-state index contributed by atoms with van der Waals surface area (Å²) < 4.78 is 1.88. The van der Waals surface area contributed by atoms with Crippen LogP contribution in [0, 0.1) is 0 Å². The minimum Gasteiger partial charge on any atom is -0.364 e. The van der Waals surface area contributed by atoms with E-state index in [-0.39, 0.29) is 11.7 Å². The number of rotatable bonds is 3. The highest BCUT2D eigenvalue weighted by atomic mass is 16.1. The molecule has 0 spiro atoms. The highest BCUT2D eigenvalue weighted by molar-refractivity contribution is 5.91. The van der Waals surface area contributed by atoms with Crippen molar-refractivity contribution < 1.29 is 4.79 Å². The van der Waals surface area contributed by atoms with E-state index in [0.717, 1.165) is 0 Å². The summed E-state index contributed by atoms with van der Waals surface area (Å²) >= 11 is 0. The third-order valence-electron chi connectivity index (χ3n) is 2.36. The average molecular weight is 231 g/mol. The van der Waals surface area contributed by atoms with Crippen molar-refractivity contribution >= 4 is 5.91 Å². The van der Waals surface area contributed by atoms with E-state index < -0.39 is 5.91 Å². The fourth-order valence-corrected chi connectivity index (χ4v) is 1.50. The number of nitrogens with two attached hydrogens (primary N) is 1. The van der Waals surface area contributed by atoms with Crippen molar-refractivity contribution in [2.45, 2.75) is 19.9 Å². The molecule has 0 unspecified atom stereocenters. The van der Waals surface area contributed by atoms with Gasteiger partial charge in [-0.15, -0.1) is 10.2 Å². The maximum absolute atomic E-state index is 11.1. The molecular weight excluding hydrogens is 218 g/mol. The Hall–Kier alpha value is -2.24. The molecule has 0 radical (unpaired) electrons. The van der Waals surface area contributed by atoms with E-state index in [2.05, 4.69) is 15.2 Å². The lowest BCUT2D eigenvalue weighted by Crippen LogP contribution is -2.13. The number of carbonyl (C=O) groups is 1. The van der Waals surface area contributed by atoms with E-state index in [0.29, 0.717) is 11.5 Å². The van der Waals surface area contributed by atoms with Crippen molar-refractivity contribution in [1.82, 2.24) is 19.7 Å². The maximum Gasteiger partial charge on any atom is 0.267 e. The largest absolute Gasteiger partial charge is 0.364 e. The molecule has 2 aromatic heterocycles. The van der Waals surface area contributed by atoms with Crippen LogP contribution in [0.5, 0.6) is 0 Å². The van der Waals surface area contributed by atoms with Crippen LogP contribution in [0.3, 0.4) is 0 Å². The number of carbonyl (C=O) groups excluding carboxylic acids is 1. The average Bonchev–Trinajstić information content (AvgIpc) is 2.78. The number of amides is 1. The van der Waals surface area contributed by atoms with Crippen LogP contribution in [-0.4, -0.2) is 25.7 Å². The highest BCUT2D eigenvalue weighted by Gasteiger charge is 2.12.